The zero-order chi connectivity index (χ0) is 18.9. The van der Waals surface area contributed by atoms with Gasteiger partial charge in [-0.2, -0.15) is 0 Å². The van der Waals surface area contributed by atoms with Gasteiger partial charge in [0.25, 0.3) is 0 Å². The largest absolute Gasteiger partial charge is 0.505 e. The first-order chi connectivity index (χ1) is 10.7. The van der Waals surface area contributed by atoms with Crippen molar-refractivity contribution in [3.63, 3.8) is 0 Å². The van der Waals surface area contributed by atoms with Crippen molar-refractivity contribution in [3.8, 4) is 5.75 Å². The summed E-state index contributed by atoms with van der Waals surface area (Å²) in [7, 11) is -2.54. The third-order valence-corrected chi connectivity index (χ3v) is 4.59. The number of allylic oxidation sites excluding steroid dienone is 1. The number of halogens is 1. The van der Waals surface area contributed by atoms with Gasteiger partial charge in [-0.15, -0.1) is 4.20 Å². The lowest BCUT2D eigenvalue weighted by molar-refractivity contribution is 0.363. The summed E-state index contributed by atoms with van der Waals surface area (Å²) in [5, 5.41) is 0. The second kappa shape index (κ2) is 7.44. The maximum absolute atomic E-state index is 14.2. The summed E-state index contributed by atoms with van der Waals surface area (Å²) in [4.78, 5) is 0. The number of rotatable bonds is 5. The van der Waals surface area contributed by atoms with Crippen LogP contribution in [0.4, 0.5) is 4.20 Å². The topological polar surface area (TPSA) is 18.5 Å². The highest BCUT2D eigenvalue weighted by Gasteiger charge is 2.29. The van der Waals surface area contributed by atoms with Crippen molar-refractivity contribution in [2.75, 3.05) is 0 Å². The number of benzene rings is 1. The van der Waals surface area contributed by atoms with E-state index < -0.39 is 8.69 Å². The van der Waals surface area contributed by atoms with Crippen LogP contribution in [0.1, 0.15) is 84.9 Å². The predicted molar refractivity (Wildman–Crippen MR) is 102 cm³/mol. The van der Waals surface area contributed by atoms with Gasteiger partial charge in [0.05, 0.1) is 5.76 Å². The van der Waals surface area contributed by atoms with Crippen LogP contribution < -0.4 is 4.52 Å². The van der Waals surface area contributed by atoms with E-state index in [2.05, 4.69) is 74.1 Å². The van der Waals surface area contributed by atoms with Gasteiger partial charge in [0, 0.05) is 5.56 Å². The van der Waals surface area contributed by atoms with E-state index in [0.29, 0.717) is 11.5 Å². The Kier molecular flexibility index (Phi) is 6.49. The minimum Gasteiger partial charge on any atom is -0.420 e. The van der Waals surface area contributed by atoms with Crippen molar-refractivity contribution < 1.29 is 13.2 Å². The zero-order valence-corrected chi connectivity index (χ0v) is 17.5. The lowest BCUT2D eigenvalue weighted by Crippen LogP contribution is -2.19. The third kappa shape index (κ3) is 5.48. The quantitative estimate of drug-likeness (QED) is 0.402. The molecule has 0 fully saturated rings. The minimum absolute atomic E-state index is 0.0107. The van der Waals surface area contributed by atoms with Crippen molar-refractivity contribution in [2.45, 2.75) is 79.1 Å². The van der Waals surface area contributed by atoms with Gasteiger partial charge in [0.15, 0.2) is 0 Å². The summed E-state index contributed by atoms with van der Waals surface area (Å²) >= 11 is 0. The van der Waals surface area contributed by atoms with Crippen LogP contribution in [0, 0.1) is 0 Å². The Balaban J connectivity index is 3.55. The molecule has 0 heterocycles. The van der Waals surface area contributed by atoms with Crippen LogP contribution in [-0.4, -0.2) is 0 Å². The fraction of sp³-hybridized carbons (Fsp3) is 0.600. The summed E-state index contributed by atoms with van der Waals surface area (Å²) in [6, 6.07) is 4.28. The van der Waals surface area contributed by atoms with Crippen LogP contribution in [-0.2, 0) is 15.4 Å². The molecule has 24 heavy (non-hydrogen) atoms. The van der Waals surface area contributed by atoms with E-state index in [1.54, 1.807) is 6.92 Å². The van der Waals surface area contributed by atoms with Gasteiger partial charge in [-0.05, 0) is 34.8 Å². The highest BCUT2D eigenvalue weighted by Crippen LogP contribution is 2.49. The first-order valence-corrected chi connectivity index (χ1v) is 9.46. The molecular formula is C20H32FO2P. The summed E-state index contributed by atoms with van der Waals surface area (Å²) in [5.74, 6) is 1.15. The molecule has 0 aliphatic carbocycles. The van der Waals surface area contributed by atoms with Gasteiger partial charge in [0.1, 0.15) is 5.75 Å². The molecule has 1 aromatic carbocycles. The van der Waals surface area contributed by atoms with E-state index in [4.69, 9.17) is 9.05 Å². The molecule has 0 spiro atoms. The molecule has 0 saturated heterocycles. The van der Waals surface area contributed by atoms with Gasteiger partial charge in [-0.3, -0.25) is 0 Å². The lowest BCUT2D eigenvalue weighted by atomic mass is 9.77. The van der Waals surface area contributed by atoms with E-state index in [-0.39, 0.29) is 16.7 Å². The second-order valence-electron chi connectivity index (χ2n) is 8.69. The Labute approximate surface area is 148 Å². The van der Waals surface area contributed by atoms with Crippen LogP contribution in [0.5, 0.6) is 5.75 Å². The molecule has 0 bridgehead atoms. The molecule has 1 rings (SSSR count). The molecule has 0 aromatic heterocycles. The molecule has 1 aromatic rings. The van der Waals surface area contributed by atoms with Crippen LogP contribution >= 0.6 is 8.69 Å². The maximum Gasteiger partial charge on any atom is 0.505 e. The van der Waals surface area contributed by atoms with Crippen LogP contribution in [0.15, 0.2) is 24.5 Å². The SMILES string of the molecule is C=C(C)OP(F)Oc1c(C(C)C)cc(C(C)(C)C)cc1C(C)(C)C. The molecule has 0 aliphatic heterocycles. The summed E-state index contributed by atoms with van der Waals surface area (Å²) < 4.78 is 24.9. The number of hydrogen-bond acceptors (Lipinski definition) is 2. The van der Waals surface area contributed by atoms with E-state index in [1.807, 2.05) is 0 Å². The average Bonchev–Trinajstić information content (AvgIpc) is 2.34. The Morgan fingerprint density at radius 1 is 1.08 bits per heavy atom. The molecule has 1 unspecified atom stereocenters. The fourth-order valence-electron chi connectivity index (χ4n) is 2.39. The first kappa shape index (κ1) is 21.0. The van der Waals surface area contributed by atoms with Crippen LogP contribution in [0.25, 0.3) is 0 Å². The molecule has 0 aliphatic rings. The average molecular weight is 354 g/mol. The lowest BCUT2D eigenvalue weighted by Gasteiger charge is -2.30. The standard InChI is InChI=1S/C20H32FO2P/c1-13(2)16-11-15(19(5,6)7)12-17(20(8,9)10)18(16)23-24(21)22-14(3)4/h11-13H,3H2,1-2,4-10H3. The van der Waals surface area contributed by atoms with Crippen molar-refractivity contribution in [2.24, 2.45) is 0 Å². The Hall–Kier alpha value is -1.08. The highest BCUT2D eigenvalue weighted by atomic mass is 31.2. The van der Waals surface area contributed by atoms with Gasteiger partial charge in [0.2, 0.25) is 0 Å². The second-order valence-corrected chi connectivity index (χ2v) is 9.48. The molecule has 4 heteroatoms. The van der Waals surface area contributed by atoms with Crippen molar-refractivity contribution in [3.05, 3.63) is 41.2 Å². The molecule has 2 nitrogen and oxygen atoms in total. The Morgan fingerprint density at radius 2 is 1.62 bits per heavy atom. The maximum atomic E-state index is 14.2. The summed E-state index contributed by atoms with van der Waals surface area (Å²) in [5.41, 5.74) is 3.10. The molecule has 1 atom stereocenters. The van der Waals surface area contributed by atoms with Gasteiger partial charge in [-0.1, -0.05) is 74.1 Å². The van der Waals surface area contributed by atoms with Gasteiger partial charge in [-0.25, -0.2) is 0 Å². The zero-order valence-electron chi connectivity index (χ0n) is 16.6. The molecule has 0 N–H and O–H groups in total. The predicted octanol–water partition coefficient (Wildman–Crippen LogP) is 7.53. The molecule has 136 valence electrons. The first-order valence-electron chi connectivity index (χ1n) is 8.39. The van der Waals surface area contributed by atoms with Crippen molar-refractivity contribution in [1.29, 1.82) is 0 Å². The van der Waals surface area contributed by atoms with Crippen LogP contribution in [0.3, 0.4) is 0 Å². The van der Waals surface area contributed by atoms with Crippen molar-refractivity contribution in [1.82, 2.24) is 0 Å². The third-order valence-electron chi connectivity index (χ3n) is 3.80. The van der Waals surface area contributed by atoms with E-state index in [1.165, 1.54) is 5.56 Å². The molecule has 0 amide bonds. The highest BCUT2D eigenvalue weighted by molar-refractivity contribution is 7.41. The molecule has 0 radical (unpaired) electrons. The molecular weight excluding hydrogens is 322 g/mol. The van der Waals surface area contributed by atoms with Gasteiger partial charge >= 0.3 is 8.69 Å². The fourth-order valence-corrected chi connectivity index (χ4v) is 3.01. The Bertz CT molecular complexity index is 595. The monoisotopic (exact) mass is 354 g/mol. The Morgan fingerprint density at radius 3 is 2.00 bits per heavy atom. The normalized spacial score (nSPS) is 13.8. The minimum atomic E-state index is -2.54. The molecule has 0 saturated carbocycles. The summed E-state index contributed by atoms with van der Waals surface area (Å²) in [6.45, 7) is 22.3. The van der Waals surface area contributed by atoms with E-state index >= 15 is 0 Å². The summed E-state index contributed by atoms with van der Waals surface area (Å²) in [6.07, 6.45) is 0. The van der Waals surface area contributed by atoms with Crippen LogP contribution in [0.2, 0.25) is 0 Å². The van der Waals surface area contributed by atoms with Crippen molar-refractivity contribution >= 4 is 8.69 Å². The van der Waals surface area contributed by atoms with E-state index in [9.17, 15) is 4.20 Å². The van der Waals surface area contributed by atoms with E-state index in [0.717, 1.165) is 11.1 Å². The smallest absolute Gasteiger partial charge is 0.420 e. The number of hydrogen-bond donors (Lipinski definition) is 0. The van der Waals surface area contributed by atoms with Gasteiger partial charge < -0.3 is 9.05 Å².